The molecule has 130 valence electrons. The molecule has 1 N–H and O–H groups in total. The van der Waals surface area contributed by atoms with Crippen molar-refractivity contribution in [2.75, 3.05) is 13.7 Å². The molecule has 24 heavy (non-hydrogen) atoms. The first-order chi connectivity index (χ1) is 11.7. The average molecular weight is 328 g/mol. The fourth-order valence-electron chi connectivity index (χ4n) is 4.31. The van der Waals surface area contributed by atoms with E-state index in [-0.39, 0.29) is 6.04 Å². The van der Waals surface area contributed by atoms with E-state index >= 15 is 0 Å². The predicted octanol–water partition coefficient (Wildman–Crippen LogP) is 3.98. The van der Waals surface area contributed by atoms with Gasteiger partial charge in [-0.2, -0.15) is 5.26 Å². The molecule has 0 heterocycles. The summed E-state index contributed by atoms with van der Waals surface area (Å²) in [5.41, 5.74) is 1.58. The largest absolute Gasteiger partial charge is 0.497 e. The summed E-state index contributed by atoms with van der Waals surface area (Å²) in [6, 6.07) is 11.2. The summed E-state index contributed by atoms with van der Waals surface area (Å²) < 4.78 is 11.2. The van der Waals surface area contributed by atoms with Crippen LogP contribution < -0.4 is 10.1 Å². The van der Waals surface area contributed by atoms with E-state index in [1.165, 1.54) is 24.8 Å². The quantitative estimate of drug-likeness (QED) is 0.784. The lowest BCUT2D eigenvalue weighted by molar-refractivity contribution is -0.175. The second-order valence-corrected chi connectivity index (χ2v) is 7.01. The lowest BCUT2D eigenvalue weighted by atomic mass is 9.51. The molecule has 3 rings (SSSR count). The van der Waals surface area contributed by atoms with E-state index in [9.17, 15) is 0 Å². The summed E-state index contributed by atoms with van der Waals surface area (Å²) in [4.78, 5) is 0. The van der Waals surface area contributed by atoms with Gasteiger partial charge in [0.1, 0.15) is 5.75 Å². The van der Waals surface area contributed by atoms with Gasteiger partial charge < -0.3 is 14.8 Å². The zero-order valence-corrected chi connectivity index (χ0v) is 14.8. The Morgan fingerprint density at radius 2 is 2.08 bits per heavy atom. The van der Waals surface area contributed by atoms with Gasteiger partial charge >= 0.3 is 0 Å². The highest BCUT2D eigenvalue weighted by molar-refractivity contribution is 5.29. The number of benzene rings is 1. The van der Waals surface area contributed by atoms with Crippen molar-refractivity contribution in [3.8, 4) is 11.8 Å². The zero-order chi connectivity index (χ0) is 17.0. The van der Waals surface area contributed by atoms with Crippen molar-refractivity contribution in [2.24, 2.45) is 5.41 Å². The van der Waals surface area contributed by atoms with Crippen LogP contribution in [0, 0.1) is 16.7 Å². The highest BCUT2D eigenvalue weighted by atomic mass is 16.5. The zero-order valence-electron chi connectivity index (χ0n) is 14.8. The van der Waals surface area contributed by atoms with Gasteiger partial charge in [-0.05, 0) is 50.3 Å². The Morgan fingerprint density at radius 1 is 1.33 bits per heavy atom. The predicted molar refractivity (Wildman–Crippen MR) is 93.8 cm³/mol. The molecule has 0 amide bonds. The van der Waals surface area contributed by atoms with Crippen LogP contribution in [0.25, 0.3) is 0 Å². The third kappa shape index (κ3) is 3.16. The fraction of sp³-hybridized carbons (Fsp3) is 0.650. The first kappa shape index (κ1) is 17.3. The van der Waals surface area contributed by atoms with E-state index in [0.717, 1.165) is 25.2 Å². The maximum absolute atomic E-state index is 9.00. The standard InChI is InChI=1S/C20H28N2O2/c1-3-24-19-14-18(20(19)11-5-12-20)22-17(6-4-13-21)15-7-9-16(23-2)10-8-15/h7-10,17-19,22H,3-6,11-12,14H2,1-2H3/t17-,18-,19+/m0/s1. The van der Waals surface area contributed by atoms with Crippen LogP contribution in [-0.4, -0.2) is 25.9 Å². The first-order valence-corrected chi connectivity index (χ1v) is 9.12. The van der Waals surface area contributed by atoms with Crippen LogP contribution in [0.4, 0.5) is 0 Å². The number of hydrogen-bond donors (Lipinski definition) is 1. The Hall–Kier alpha value is -1.57. The van der Waals surface area contributed by atoms with Gasteiger partial charge in [-0.25, -0.2) is 0 Å². The molecule has 0 bridgehead atoms. The van der Waals surface area contributed by atoms with Crippen molar-refractivity contribution in [3.05, 3.63) is 29.8 Å². The molecule has 1 aromatic rings. The van der Waals surface area contributed by atoms with Gasteiger partial charge in [0.15, 0.2) is 0 Å². The van der Waals surface area contributed by atoms with Crippen LogP contribution in [0.3, 0.4) is 0 Å². The lowest BCUT2D eigenvalue weighted by Gasteiger charge is -2.62. The summed E-state index contributed by atoms with van der Waals surface area (Å²) >= 11 is 0. The summed E-state index contributed by atoms with van der Waals surface area (Å²) in [6.07, 6.45) is 6.76. The van der Waals surface area contributed by atoms with Crippen molar-refractivity contribution in [1.29, 1.82) is 5.26 Å². The molecule has 2 saturated carbocycles. The maximum atomic E-state index is 9.00. The molecule has 4 nitrogen and oxygen atoms in total. The Labute approximate surface area is 145 Å². The number of nitrogens with one attached hydrogen (secondary N) is 1. The van der Waals surface area contributed by atoms with E-state index in [1.807, 2.05) is 12.1 Å². The molecule has 0 saturated heterocycles. The van der Waals surface area contributed by atoms with E-state index in [1.54, 1.807) is 7.11 Å². The third-order valence-corrected chi connectivity index (χ3v) is 5.90. The molecule has 0 aliphatic heterocycles. The van der Waals surface area contributed by atoms with Crippen LogP contribution >= 0.6 is 0 Å². The molecule has 2 fully saturated rings. The maximum Gasteiger partial charge on any atom is 0.118 e. The van der Waals surface area contributed by atoms with Crippen LogP contribution in [-0.2, 0) is 4.74 Å². The molecule has 0 radical (unpaired) electrons. The molecule has 2 aliphatic carbocycles. The summed E-state index contributed by atoms with van der Waals surface area (Å²) in [5.74, 6) is 0.869. The third-order valence-electron chi connectivity index (χ3n) is 5.90. The normalized spacial score (nSPS) is 25.4. The number of nitrogens with zero attached hydrogens (tertiary/aromatic N) is 1. The minimum atomic E-state index is 0.223. The van der Waals surface area contributed by atoms with Gasteiger partial charge in [-0.15, -0.1) is 0 Å². The number of hydrogen-bond acceptors (Lipinski definition) is 4. The Kier molecular flexibility index (Phi) is 5.43. The molecule has 1 aromatic carbocycles. The fourth-order valence-corrected chi connectivity index (χ4v) is 4.31. The van der Waals surface area contributed by atoms with Crippen LogP contribution in [0.5, 0.6) is 5.75 Å². The molecule has 2 aliphatic rings. The van der Waals surface area contributed by atoms with Gasteiger partial charge in [0.05, 0.1) is 19.3 Å². The van der Waals surface area contributed by atoms with Gasteiger partial charge in [0, 0.05) is 30.5 Å². The SMILES string of the molecule is CCO[C@@H]1C[C@H](N[C@@H](CCC#N)c2ccc(OC)cc2)C12CCC2. The number of ether oxygens (including phenoxy) is 2. The molecule has 3 atom stereocenters. The minimum Gasteiger partial charge on any atom is -0.497 e. The van der Waals surface area contributed by atoms with Crippen LogP contribution in [0.15, 0.2) is 24.3 Å². The van der Waals surface area contributed by atoms with Gasteiger partial charge in [-0.1, -0.05) is 18.6 Å². The van der Waals surface area contributed by atoms with Crippen molar-refractivity contribution in [2.45, 2.75) is 63.6 Å². The number of nitriles is 1. The number of rotatable bonds is 8. The van der Waals surface area contributed by atoms with Gasteiger partial charge in [0.2, 0.25) is 0 Å². The summed E-state index contributed by atoms with van der Waals surface area (Å²) in [7, 11) is 1.68. The first-order valence-electron chi connectivity index (χ1n) is 9.12. The smallest absolute Gasteiger partial charge is 0.118 e. The molecule has 0 aromatic heterocycles. The lowest BCUT2D eigenvalue weighted by Crippen LogP contribution is -2.67. The van der Waals surface area contributed by atoms with E-state index in [0.29, 0.717) is 24.0 Å². The summed E-state index contributed by atoms with van der Waals surface area (Å²) in [6.45, 7) is 2.88. The van der Waals surface area contributed by atoms with E-state index < -0.39 is 0 Å². The second kappa shape index (κ2) is 7.55. The monoisotopic (exact) mass is 328 g/mol. The molecule has 1 spiro atoms. The summed E-state index contributed by atoms with van der Waals surface area (Å²) in [5, 5.41) is 12.9. The topological polar surface area (TPSA) is 54.3 Å². The second-order valence-electron chi connectivity index (χ2n) is 7.01. The molecule has 0 unspecified atom stereocenters. The van der Waals surface area contributed by atoms with Gasteiger partial charge in [0.25, 0.3) is 0 Å². The van der Waals surface area contributed by atoms with E-state index in [4.69, 9.17) is 14.7 Å². The Morgan fingerprint density at radius 3 is 2.62 bits per heavy atom. The molecule has 4 heteroatoms. The highest BCUT2D eigenvalue weighted by Gasteiger charge is 2.59. The Bertz CT molecular complexity index is 574. The van der Waals surface area contributed by atoms with Crippen LogP contribution in [0.2, 0.25) is 0 Å². The number of methoxy groups -OCH3 is 1. The molecular weight excluding hydrogens is 300 g/mol. The average Bonchev–Trinajstić information content (AvgIpc) is 2.55. The Balaban J connectivity index is 1.69. The molecular formula is C20H28N2O2. The van der Waals surface area contributed by atoms with Crippen molar-refractivity contribution < 1.29 is 9.47 Å². The van der Waals surface area contributed by atoms with Crippen molar-refractivity contribution >= 4 is 0 Å². The van der Waals surface area contributed by atoms with E-state index in [2.05, 4.69) is 30.4 Å². The highest BCUT2D eigenvalue weighted by Crippen LogP contribution is 2.57. The van der Waals surface area contributed by atoms with Crippen molar-refractivity contribution in [3.63, 3.8) is 0 Å². The van der Waals surface area contributed by atoms with Crippen molar-refractivity contribution in [1.82, 2.24) is 5.32 Å². The van der Waals surface area contributed by atoms with Gasteiger partial charge in [-0.3, -0.25) is 0 Å². The minimum absolute atomic E-state index is 0.223. The van der Waals surface area contributed by atoms with Crippen LogP contribution in [0.1, 0.15) is 57.1 Å².